The highest BCUT2D eigenvalue weighted by molar-refractivity contribution is 6.31. The lowest BCUT2D eigenvalue weighted by Gasteiger charge is -2.39. The van der Waals surface area contributed by atoms with Gasteiger partial charge in [-0.3, -0.25) is 19.3 Å². The third kappa shape index (κ3) is 6.38. The monoisotopic (exact) mass is 660 g/mol. The van der Waals surface area contributed by atoms with Crippen LogP contribution >= 0.6 is 11.6 Å². The van der Waals surface area contributed by atoms with Crippen LogP contribution in [0, 0.1) is 5.82 Å². The predicted octanol–water partition coefficient (Wildman–Crippen LogP) is 3.01. The number of hydrogen-bond acceptors (Lipinski definition) is 9. The van der Waals surface area contributed by atoms with Crippen molar-refractivity contribution in [1.29, 1.82) is 0 Å². The first-order chi connectivity index (χ1) is 22.6. The summed E-state index contributed by atoms with van der Waals surface area (Å²) >= 11 is 6.07. The summed E-state index contributed by atoms with van der Waals surface area (Å²) in [5.74, 6) is -3.04. The second-order valence-corrected chi connectivity index (χ2v) is 11.6. The van der Waals surface area contributed by atoms with Gasteiger partial charge in [-0.15, -0.1) is 5.53 Å². The minimum absolute atomic E-state index is 0.0151. The van der Waals surface area contributed by atoms with Gasteiger partial charge in [0.15, 0.2) is 5.82 Å². The molecule has 0 spiro atoms. The van der Waals surface area contributed by atoms with Crippen LogP contribution in [0.25, 0.3) is 6.08 Å². The van der Waals surface area contributed by atoms with E-state index in [1.165, 1.54) is 58.7 Å². The maximum Gasteiger partial charge on any atom is 0.335 e. The third-order valence-electron chi connectivity index (χ3n) is 8.20. The van der Waals surface area contributed by atoms with Crippen LogP contribution in [0.1, 0.15) is 33.1 Å². The summed E-state index contributed by atoms with van der Waals surface area (Å²) in [6.07, 6.45) is 4.22. The number of hydrogen-bond donors (Lipinski definition) is 4. The van der Waals surface area contributed by atoms with Gasteiger partial charge >= 0.3 is 5.97 Å². The maximum absolute atomic E-state index is 15.2. The number of benzene rings is 3. The van der Waals surface area contributed by atoms with Gasteiger partial charge in [0.25, 0.3) is 5.91 Å². The van der Waals surface area contributed by atoms with E-state index < -0.39 is 29.6 Å². The molecule has 0 aromatic heterocycles. The van der Waals surface area contributed by atoms with Crippen molar-refractivity contribution in [2.24, 2.45) is 5.10 Å². The molecular formula is C32H30ClFN8O5. The van der Waals surface area contributed by atoms with Crippen molar-refractivity contribution >= 4 is 64.8 Å². The van der Waals surface area contributed by atoms with Crippen molar-refractivity contribution in [1.82, 2.24) is 20.9 Å². The van der Waals surface area contributed by atoms with Crippen molar-refractivity contribution in [3.8, 4) is 0 Å². The number of carboxylic acid groups (broad SMARTS) is 1. The lowest BCUT2D eigenvalue weighted by Crippen LogP contribution is -2.50. The Morgan fingerprint density at radius 1 is 1.06 bits per heavy atom. The molecule has 4 N–H and O–H groups in total. The summed E-state index contributed by atoms with van der Waals surface area (Å²) in [5, 5.41) is 17.2. The standard InChI is InChI=1S/C32H30ClFN8O5/c1-39-15-16-40(28(44)17-39)25-4-2-3-22-21(25)13-14-41(30(22)31(45)36-20-7-5-19(6-8-20)32(46)47)27(43)12-9-23-26(42-18-35-37-38-42)11-10-24(33)29(23)34/h2-12,18,30,37-38H,13-17H2,1H3,(H,36,45)(H,46,47)/b12-9+/t30-/m0/s1. The van der Waals surface area contributed by atoms with Gasteiger partial charge in [-0.05, 0) is 73.1 Å². The normalized spacial score (nSPS) is 18.0. The minimum atomic E-state index is -1.13. The summed E-state index contributed by atoms with van der Waals surface area (Å²) < 4.78 is 15.2. The summed E-state index contributed by atoms with van der Waals surface area (Å²) in [6, 6.07) is 12.8. The SMILES string of the molecule is CN1CCN(c2cccc3c2CCN(C(=O)/C=C/c2c(N4C=NNN4)ccc(Cl)c2F)[C@@H]3C(=O)Nc2ccc(C(=O)O)cc2)C(=O)C1. The predicted molar refractivity (Wildman–Crippen MR) is 174 cm³/mol. The number of piperazine rings is 1. The molecule has 3 aromatic rings. The van der Waals surface area contributed by atoms with E-state index in [0.717, 1.165) is 5.56 Å². The van der Waals surface area contributed by atoms with Gasteiger partial charge in [-0.1, -0.05) is 23.7 Å². The van der Waals surface area contributed by atoms with Gasteiger partial charge in [0.1, 0.15) is 12.4 Å². The Hall–Kier alpha value is -5.31. The van der Waals surface area contributed by atoms with E-state index in [4.69, 9.17) is 11.6 Å². The Balaban J connectivity index is 1.36. The molecule has 0 aliphatic carbocycles. The molecule has 1 atom stereocenters. The molecule has 0 saturated carbocycles. The van der Waals surface area contributed by atoms with E-state index in [0.29, 0.717) is 42.1 Å². The maximum atomic E-state index is 15.2. The summed E-state index contributed by atoms with van der Waals surface area (Å²) in [4.78, 5) is 57.3. The van der Waals surface area contributed by atoms with E-state index in [-0.39, 0.29) is 35.1 Å². The Morgan fingerprint density at radius 3 is 2.55 bits per heavy atom. The molecule has 3 aromatic carbocycles. The number of aromatic carboxylic acids is 1. The molecule has 0 radical (unpaired) electrons. The average molecular weight is 661 g/mol. The zero-order chi connectivity index (χ0) is 33.2. The van der Waals surface area contributed by atoms with Crippen molar-refractivity contribution in [2.75, 3.05) is 48.5 Å². The van der Waals surface area contributed by atoms with Gasteiger partial charge < -0.3 is 20.2 Å². The van der Waals surface area contributed by atoms with Crippen LogP contribution in [-0.2, 0) is 20.8 Å². The fraction of sp³-hybridized carbons (Fsp3) is 0.219. The Morgan fingerprint density at radius 2 is 1.85 bits per heavy atom. The number of likely N-dealkylation sites (N-methyl/N-ethyl adjacent to an activating group) is 1. The van der Waals surface area contributed by atoms with Crippen LogP contribution in [0.4, 0.5) is 21.5 Å². The molecule has 3 aliphatic rings. The molecule has 3 heterocycles. The first-order valence-corrected chi connectivity index (χ1v) is 15.0. The third-order valence-corrected chi connectivity index (χ3v) is 8.49. The van der Waals surface area contributed by atoms with Crippen LogP contribution in [0.15, 0.2) is 65.8 Å². The molecule has 6 rings (SSSR count). The molecule has 15 heteroatoms. The van der Waals surface area contributed by atoms with Crippen LogP contribution < -0.4 is 26.3 Å². The zero-order valence-electron chi connectivity index (χ0n) is 25.1. The fourth-order valence-electron chi connectivity index (χ4n) is 5.87. The molecule has 1 fully saturated rings. The van der Waals surface area contributed by atoms with Crippen molar-refractivity contribution < 1.29 is 28.7 Å². The van der Waals surface area contributed by atoms with Crippen molar-refractivity contribution in [3.05, 3.63) is 93.8 Å². The molecule has 47 heavy (non-hydrogen) atoms. The van der Waals surface area contributed by atoms with Crippen molar-refractivity contribution in [2.45, 2.75) is 12.5 Å². The van der Waals surface area contributed by atoms with E-state index >= 15 is 4.39 Å². The number of nitrogens with one attached hydrogen (secondary N) is 3. The van der Waals surface area contributed by atoms with Crippen LogP contribution in [-0.4, -0.2) is 78.2 Å². The number of fused-ring (bicyclic) bond motifs is 1. The molecule has 0 bridgehead atoms. The number of halogens is 2. The number of hydrazine groups is 2. The highest BCUT2D eigenvalue weighted by Crippen LogP contribution is 2.37. The molecule has 3 amide bonds. The topological polar surface area (TPSA) is 150 Å². The number of carboxylic acids is 1. The molecule has 0 unspecified atom stereocenters. The molecule has 3 aliphatic heterocycles. The van der Waals surface area contributed by atoms with Crippen LogP contribution in [0.2, 0.25) is 5.02 Å². The number of hydrazone groups is 1. The lowest BCUT2D eigenvalue weighted by atomic mass is 9.89. The smallest absolute Gasteiger partial charge is 0.335 e. The number of anilines is 3. The number of nitrogens with zero attached hydrogens (tertiary/aromatic N) is 5. The number of amides is 3. The molecular weight excluding hydrogens is 631 g/mol. The largest absolute Gasteiger partial charge is 0.478 e. The van der Waals surface area contributed by atoms with E-state index in [1.807, 2.05) is 18.0 Å². The molecule has 13 nitrogen and oxygen atoms in total. The second-order valence-electron chi connectivity index (χ2n) is 11.1. The highest BCUT2D eigenvalue weighted by Gasteiger charge is 2.38. The Labute approximate surface area is 273 Å². The minimum Gasteiger partial charge on any atom is -0.478 e. The molecule has 242 valence electrons. The quantitative estimate of drug-likeness (QED) is 0.281. The van der Waals surface area contributed by atoms with Crippen LogP contribution in [0.3, 0.4) is 0 Å². The zero-order valence-corrected chi connectivity index (χ0v) is 25.9. The first-order valence-electron chi connectivity index (χ1n) is 14.7. The Kier molecular flexibility index (Phi) is 8.89. The van der Waals surface area contributed by atoms with Gasteiger partial charge in [0.2, 0.25) is 11.8 Å². The van der Waals surface area contributed by atoms with E-state index in [1.54, 1.807) is 23.1 Å². The highest BCUT2D eigenvalue weighted by atomic mass is 35.5. The molecule has 1 saturated heterocycles. The number of rotatable bonds is 7. The first kappa shape index (κ1) is 31.7. The average Bonchev–Trinajstić information content (AvgIpc) is 3.60. The summed E-state index contributed by atoms with van der Waals surface area (Å²) in [5.41, 5.74) is 7.97. The van der Waals surface area contributed by atoms with Gasteiger partial charge in [0.05, 0.1) is 22.8 Å². The number of carbonyl (C=O) groups is 4. The van der Waals surface area contributed by atoms with E-state index in [2.05, 4.69) is 21.5 Å². The lowest BCUT2D eigenvalue weighted by molar-refractivity contribution is -0.135. The Bertz CT molecular complexity index is 1820. The second kappa shape index (κ2) is 13.2. The summed E-state index contributed by atoms with van der Waals surface area (Å²) in [6.45, 7) is 1.54. The fourth-order valence-corrected chi connectivity index (χ4v) is 6.04. The van der Waals surface area contributed by atoms with Crippen LogP contribution in [0.5, 0.6) is 0 Å². The summed E-state index contributed by atoms with van der Waals surface area (Å²) in [7, 11) is 1.88. The van der Waals surface area contributed by atoms with Crippen molar-refractivity contribution in [3.63, 3.8) is 0 Å². The van der Waals surface area contributed by atoms with Gasteiger partial charge in [-0.25, -0.2) is 19.7 Å². The van der Waals surface area contributed by atoms with Gasteiger partial charge in [0, 0.05) is 42.6 Å². The van der Waals surface area contributed by atoms with Gasteiger partial charge in [-0.2, -0.15) is 5.10 Å². The number of carbonyl (C=O) groups excluding carboxylic acids is 3. The van der Waals surface area contributed by atoms with E-state index in [9.17, 15) is 24.3 Å².